The van der Waals surface area contributed by atoms with Gasteiger partial charge in [0.05, 0.1) is 0 Å². The second-order valence-corrected chi connectivity index (χ2v) is 3.93. The highest BCUT2D eigenvalue weighted by Crippen LogP contribution is 2.36. The first kappa shape index (κ1) is 8.06. The van der Waals surface area contributed by atoms with Crippen molar-refractivity contribution in [3.8, 4) is 0 Å². The molecule has 0 saturated carbocycles. The Morgan fingerprint density at radius 2 is 2.14 bits per heavy atom. The number of hydrogen-bond acceptors (Lipinski definition) is 2. The Kier molecular flexibility index (Phi) is 1.64. The molecule has 0 unspecified atom stereocenters. The minimum absolute atomic E-state index is 0.169. The van der Waals surface area contributed by atoms with E-state index < -0.39 is 0 Å². The molecule has 2 heteroatoms. The highest BCUT2D eigenvalue weighted by Gasteiger charge is 2.23. The first-order chi connectivity index (χ1) is 6.86. The largest absolute Gasteiger partial charge is 0.461 e. The zero-order chi connectivity index (χ0) is 9.54. The highest BCUT2D eigenvalue weighted by molar-refractivity contribution is 5.83. The van der Waals surface area contributed by atoms with Crippen molar-refractivity contribution in [2.45, 2.75) is 25.3 Å². The van der Waals surface area contributed by atoms with Crippen molar-refractivity contribution < 1.29 is 4.42 Å². The number of aryl methyl sites for hydroxylation is 1. The number of rotatable bonds is 0. The Balaban J connectivity index is 2.34. The molecule has 0 radical (unpaired) electrons. The first-order valence-electron chi connectivity index (χ1n) is 5.12. The maximum atomic E-state index is 6.10. The van der Waals surface area contributed by atoms with E-state index in [0.29, 0.717) is 0 Å². The number of para-hydroxylation sites is 1. The molecule has 0 aliphatic heterocycles. The van der Waals surface area contributed by atoms with Gasteiger partial charge >= 0.3 is 0 Å². The smallest absolute Gasteiger partial charge is 0.134 e. The molecule has 0 amide bonds. The van der Waals surface area contributed by atoms with Crippen molar-refractivity contribution >= 4 is 11.0 Å². The second-order valence-electron chi connectivity index (χ2n) is 3.93. The van der Waals surface area contributed by atoms with Crippen molar-refractivity contribution in [1.29, 1.82) is 0 Å². The van der Waals surface area contributed by atoms with Crippen LogP contribution in [0.2, 0.25) is 0 Å². The standard InChI is InChI=1S/C12H13NO/c13-9-5-3-7-11-12(9)8-4-1-2-6-10(8)14-11/h1-2,4,6,9H,3,5,7,13H2/t9-/m1/s1. The zero-order valence-electron chi connectivity index (χ0n) is 7.99. The maximum Gasteiger partial charge on any atom is 0.134 e. The normalized spacial score (nSPS) is 21.1. The molecule has 1 aliphatic rings. The molecule has 0 bridgehead atoms. The lowest BCUT2D eigenvalue weighted by Gasteiger charge is -2.17. The van der Waals surface area contributed by atoms with Crippen LogP contribution in [0.3, 0.4) is 0 Å². The van der Waals surface area contributed by atoms with Crippen molar-refractivity contribution in [3.63, 3.8) is 0 Å². The van der Waals surface area contributed by atoms with E-state index >= 15 is 0 Å². The van der Waals surface area contributed by atoms with Crippen LogP contribution < -0.4 is 5.73 Å². The predicted octanol–water partition coefficient (Wildman–Crippen LogP) is 2.77. The fourth-order valence-corrected chi connectivity index (χ4v) is 2.34. The van der Waals surface area contributed by atoms with Gasteiger partial charge in [-0.05, 0) is 18.9 Å². The third-order valence-electron chi connectivity index (χ3n) is 3.00. The summed E-state index contributed by atoms with van der Waals surface area (Å²) in [4.78, 5) is 0. The molecule has 1 aliphatic carbocycles. The summed E-state index contributed by atoms with van der Waals surface area (Å²) in [5.74, 6) is 1.10. The van der Waals surface area contributed by atoms with E-state index in [1.165, 1.54) is 10.9 Å². The van der Waals surface area contributed by atoms with Crippen LogP contribution in [-0.2, 0) is 6.42 Å². The summed E-state index contributed by atoms with van der Waals surface area (Å²) in [6.07, 6.45) is 3.27. The van der Waals surface area contributed by atoms with Gasteiger partial charge in [0, 0.05) is 23.4 Å². The van der Waals surface area contributed by atoms with Crippen LogP contribution in [0, 0.1) is 0 Å². The predicted molar refractivity (Wildman–Crippen MR) is 56.1 cm³/mol. The third kappa shape index (κ3) is 1.01. The van der Waals surface area contributed by atoms with E-state index in [2.05, 4.69) is 6.07 Å². The maximum absolute atomic E-state index is 6.10. The van der Waals surface area contributed by atoms with Gasteiger partial charge in [0.2, 0.25) is 0 Å². The van der Waals surface area contributed by atoms with Crippen LogP contribution in [0.4, 0.5) is 0 Å². The number of fused-ring (bicyclic) bond motifs is 3. The fourth-order valence-electron chi connectivity index (χ4n) is 2.34. The summed E-state index contributed by atoms with van der Waals surface area (Å²) in [6.45, 7) is 0. The van der Waals surface area contributed by atoms with Crippen molar-refractivity contribution in [2.75, 3.05) is 0 Å². The highest BCUT2D eigenvalue weighted by atomic mass is 16.3. The lowest BCUT2D eigenvalue weighted by Crippen LogP contribution is -2.15. The van der Waals surface area contributed by atoms with Crippen LogP contribution in [0.5, 0.6) is 0 Å². The first-order valence-corrected chi connectivity index (χ1v) is 5.12. The number of benzene rings is 1. The summed E-state index contributed by atoms with van der Waals surface area (Å²) in [7, 11) is 0. The topological polar surface area (TPSA) is 39.2 Å². The van der Waals surface area contributed by atoms with Crippen LogP contribution in [-0.4, -0.2) is 0 Å². The Morgan fingerprint density at radius 3 is 3.07 bits per heavy atom. The zero-order valence-corrected chi connectivity index (χ0v) is 7.99. The van der Waals surface area contributed by atoms with E-state index in [-0.39, 0.29) is 6.04 Å². The molecule has 1 aromatic carbocycles. The molecule has 1 heterocycles. The summed E-state index contributed by atoms with van der Waals surface area (Å²) in [5.41, 5.74) is 8.32. The Bertz CT molecular complexity index is 472. The Labute approximate surface area is 82.7 Å². The minimum Gasteiger partial charge on any atom is -0.461 e. The molecule has 2 N–H and O–H groups in total. The lowest BCUT2D eigenvalue weighted by molar-refractivity contribution is 0.473. The van der Waals surface area contributed by atoms with Gasteiger partial charge in [-0.3, -0.25) is 0 Å². The molecule has 0 fully saturated rings. The van der Waals surface area contributed by atoms with Gasteiger partial charge in [-0.25, -0.2) is 0 Å². The average molecular weight is 187 g/mol. The molecular formula is C12H13NO. The number of nitrogens with two attached hydrogens (primary N) is 1. The van der Waals surface area contributed by atoms with Crippen molar-refractivity contribution in [3.05, 3.63) is 35.6 Å². The van der Waals surface area contributed by atoms with Gasteiger partial charge in [-0.1, -0.05) is 18.2 Å². The van der Waals surface area contributed by atoms with Crippen LogP contribution in [0.15, 0.2) is 28.7 Å². The molecule has 1 atom stereocenters. The van der Waals surface area contributed by atoms with Gasteiger partial charge in [0.15, 0.2) is 0 Å². The van der Waals surface area contributed by atoms with E-state index in [0.717, 1.165) is 30.6 Å². The van der Waals surface area contributed by atoms with Crippen LogP contribution >= 0.6 is 0 Å². The van der Waals surface area contributed by atoms with Crippen molar-refractivity contribution in [1.82, 2.24) is 0 Å². The van der Waals surface area contributed by atoms with E-state index in [1.807, 2.05) is 18.2 Å². The minimum atomic E-state index is 0.169. The molecule has 2 nitrogen and oxygen atoms in total. The van der Waals surface area contributed by atoms with Crippen LogP contribution in [0.25, 0.3) is 11.0 Å². The van der Waals surface area contributed by atoms with E-state index in [9.17, 15) is 0 Å². The van der Waals surface area contributed by atoms with E-state index in [4.69, 9.17) is 10.2 Å². The molecule has 3 rings (SSSR count). The second kappa shape index (κ2) is 2.85. The molecule has 14 heavy (non-hydrogen) atoms. The lowest BCUT2D eigenvalue weighted by atomic mass is 9.92. The fraction of sp³-hybridized carbons (Fsp3) is 0.333. The molecule has 72 valence electrons. The van der Waals surface area contributed by atoms with Crippen molar-refractivity contribution in [2.24, 2.45) is 5.73 Å². The number of hydrogen-bond donors (Lipinski definition) is 1. The van der Waals surface area contributed by atoms with Gasteiger partial charge in [-0.15, -0.1) is 0 Å². The summed E-state index contributed by atoms with van der Waals surface area (Å²) < 4.78 is 5.78. The average Bonchev–Trinajstić information content (AvgIpc) is 2.57. The molecular weight excluding hydrogens is 174 g/mol. The van der Waals surface area contributed by atoms with E-state index in [1.54, 1.807) is 0 Å². The van der Waals surface area contributed by atoms with Gasteiger partial charge < -0.3 is 10.2 Å². The summed E-state index contributed by atoms with van der Waals surface area (Å²) >= 11 is 0. The summed E-state index contributed by atoms with van der Waals surface area (Å²) in [6, 6.07) is 8.33. The number of furan rings is 1. The Morgan fingerprint density at radius 1 is 1.29 bits per heavy atom. The quantitative estimate of drug-likeness (QED) is 0.688. The molecule has 1 aromatic heterocycles. The summed E-state index contributed by atoms with van der Waals surface area (Å²) in [5, 5.41) is 1.20. The SMILES string of the molecule is N[C@@H]1CCCc2oc3ccccc3c21. The van der Waals surface area contributed by atoms with Gasteiger partial charge in [0.25, 0.3) is 0 Å². The third-order valence-corrected chi connectivity index (χ3v) is 3.00. The molecule has 2 aromatic rings. The molecule has 0 saturated heterocycles. The molecule has 0 spiro atoms. The Hall–Kier alpha value is -1.28. The van der Waals surface area contributed by atoms with Crippen LogP contribution in [0.1, 0.15) is 30.2 Å². The monoisotopic (exact) mass is 187 g/mol. The van der Waals surface area contributed by atoms with Gasteiger partial charge in [0.1, 0.15) is 11.3 Å². The van der Waals surface area contributed by atoms with Gasteiger partial charge in [-0.2, -0.15) is 0 Å².